The van der Waals surface area contributed by atoms with E-state index in [0.717, 1.165) is 11.1 Å². The highest BCUT2D eigenvalue weighted by Gasteiger charge is 2.04. The molecule has 0 spiro atoms. The van der Waals surface area contributed by atoms with E-state index < -0.39 is 0 Å². The van der Waals surface area contributed by atoms with Gasteiger partial charge in [-0.1, -0.05) is 18.7 Å². The fraction of sp³-hybridized carbons (Fsp3) is 0.200. The summed E-state index contributed by atoms with van der Waals surface area (Å²) in [6.45, 7) is 5.75. The molecule has 2 nitrogen and oxygen atoms in total. The van der Waals surface area contributed by atoms with Crippen LogP contribution in [0.4, 0.5) is 5.69 Å². The van der Waals surface area contributed by atoms with Crippen molar-refractivity contribution in [1.29, 1.82) is 0 Å². The van der Waals surface area contributed by atoms with Gasteiger partial charge in [0.1, 0.15) is 5.75 Å². The van der Waals surface area contributed by atoms with Gasteiger partial charge in [0.05, 0.1) is 12.8 Å². The second-order valence-electron chi connectivity index (χ2n) is 2.70. The van der Waals surface area contributed by atoms with Gasteiger partial charge in [-0.15, -0.1) is 0 Å². The second kappa shape index (κ2) is 3.30. The molecule has 0 heterocycles. The highest BCUT2D eigenvalue weighted by Crippen LogP contribution is 2.28. The highest BCUT2D eigenvalue weighted by atomic mass is 16.5. The lowest BCUT2D eigenvalue weighted by Crippen LogP contribution is -1.95. The van der Waals surface area contributed by atoms with Crippen molar-refractivity contribution in [2.75, 3.05) is 12.8 Å². The SMILES string of the molecule is C=C(C)c1cccc(OC)c1N. The number of ether oxygens (including phenoxy) is 1. The maximum Gasteiger partial charge on any atom is 0.142 e. The molecule has 0 radical (unpaired) electrons. The topological polar surface area (TPSA) is 35.2 Å². The van der Waals surface area contributed by atoms with Crippen LogP contribution in [0, 0.1) is 0 Å². The number of hydrogen-bond acceptors (Lipinski definition) is 2. The zero-order valence-electron chi connectivity index (χ0n) is 7.42. The van der Waals surface area contributed by atoms with Gasteiger partial charge in [-0.05, 0) is 18.6 Å². The molecule has 0 aliphatic heterocycles. The molecule has 1 aromatic carbocycles. The Kier molecular flexibility index (Phi) is 2.38. The lowest BCUT2D eigenvalue weighted by atomic mass is 10.1. The molecule has 0 atom stereocenters. The zero-order valence-corrected chi connectivity index (χ0v) is 7.42. The number of rotatable bonds is 2. The van der Waals surface area contributed by atoms with Crippen LogP contribution < -0.4 is 10.5 Å². The standard InChI is InChI=1S/C10H13NO/c1-7(2)8-5-4-6-9(12-3)10(8)11/h4-6H,1,11H2,2-3H3. The van der Waals surface area contributed by atoms with E-state index >= 15 is 0 Å². The van der Waals surface area contributed by atoms with Crippen LogP contribution >= 0.6 is 0 Å². The quantitative estimate of drug-likeness (QED) is 0.679. The molecule has 12 heavy (non-hydrogen) atoms. The molecule has 0 bridgehead atoms. The Bertz CT molecular complexity index is 305. The molecule has 0 aliphatic rings. The fourth-order valence-electron chi connectivity index (χ4n) is 1.09. The Morgan fingerprint density at radius 3 is 2.67 bits per heavy atom. The van der Waals surface area contributed by atoms with E-state index in [1.807, 2.05) is 25.1 Å². The number of nitrogens with two attached hydrogens (primary N) is 1. The van der Waals surface area contributed by atoms with Gasteiger partial charge in [0.15, 0.2) is 0 Å². The normalized spacial score (nSPS) is 9.50. The maximum absolute atomic E-state index is 5.81. The Morgan fingerprint density at radius 1 is 1.50 bits per heavy atom. The van der Waals surface area contributed by atoms with Crippen molar-refractivity contribution in [2.45, 2.75) is 6.92 Å². The van der Waals surface area contributed by atoms with Gasteiger partial charge < -0.3 is 10.5 Å². The third-order valence-electron chi connectivity index (χ3n) is 1.75. The number of anilines is 1. The Morgan fingerprint density at radius 2 is 2.17 bits per heavy atom. The van der Waals surface area contributed by atoms with Crippen molar-refractivity contribution in [3.05, 3.63) is 30.3 Å². The van der Waals surface area contributed by atoms with E-state index in [1.165, 1.54) is 0 Å². The average molecular weight is 163 g/mol. The van der Waals surface area contributed by atoms with Crippen LogP contribution in [0.2, 0.25) is 0 Å². The molecular weight excluding hydrogens is 150 g/mol. The Hall–Kier alpha value is -1.44. The molecule has 1 aromatic rings. The molecule has 0 aliphatic carbocycles. The van der Waals surface area contributed by atoms with Crippen LogP contribution in [0.3, 0.4) is 0 Å². The van der Waals surface area contributed by atoms with Crippen LogP contribution in [0.1, 0.15) is 12.5 Å². The molecule has 0 aromatic heterocycles. The van der Waals surface area contributed by atoms with Crippen LogP contribution in [-0.2, 0) is 0 Å². The van der Waals surface area contributed by atoms with Gasteiger partial charge in [0.25, 0.3) is 0 Å². The van der Waals surface area contributed by atoms with Crippen molar-refractivity contribution in [1.82, 2.24) is 0 Å². The fourth-order valence-corrected chi connectivity index (χ4v) is 1.09. The van der Waals surface area contributed by atoms with E-state index in [0.29, 0.717) is 11.4 Å². The van der Waals surface area contributed by atoms with E-state index in [-0.39, 0.29) is 0 Å². The zero-order chi connectivity index (χ0) is 9.14. The molecule has 0 amide bonds. The van der Waals surface area contributed by atoms with Gasteiger partial charge in [-0.25, -0.2) is 0 Å². The molecular formula is C10H13NO. The Labute approximate surface area is 72.7 Å². The third-order valence-corrected chi connectivity index (χ3v) is 1.75. The van der Waals surface area contributed by atoms with Crippen molar-refractivity contribution >= 4 is 11.3 Å². The predicted molar refractivity (Wildman–Crippen MR) is 52.1 cm³/mol. The summed E-state index contributed by atoms with van der Waals surface area (Å²) < 4.78 is 5.07. The van der Waals surface area contributed by atoms with E-state index in [1.54, 1.807) is 7.11 Å². The smallest absolute Gasteiger partial charge is 0.142 e. The van der Waals surface area contributed by atoms with Crippen LogP contribution in [0.5, 0.6) is 5.75 Å². The Balaban J connectivity index is 3.23. The molecule has 64 valence electrons. The highest BCUT2D eigenvalue weighted by molar-refractivity contribution is 5.76. The summed E-state index contributed by atoms with van der Waals surface area (Å²) >= 11 is 0. The van der Waals surface area contributed by atoms with E-state index in [9.17, 15) is 0 Å². The van der Waals surface area contributed by atoms with E-state index in [4.69, 9.17) is 10.5 Å². The first-order valence-electron chi connectivity index (χ1n) is 3.75. The van der Waals surface area contributed by atoms with Crippen molar-refractivity contribution in [3.63, 3.8) is 0 Å². The summed E-state index contributed by atoms with van der Waals surface area (Å²) in [4.78, 5) is 0. The van der Waals surface area contributed by atoms with Crippen molar-refractivity contribution in [3.8, 4) is 5.75 Å². The van der Waals surface area contributed by atoms with Crippen LogP contribution in [0.25, 0.3) is 5.57 Å². The minimum atomic E-state index is 0.660. The van der Waals surface area contributed by atoms with Crippen LogP contribution in [0.15, 0.2) is 24.8 Å². The molecule has 0 saturated carbocycles. The molecule has 0 saturated heterocycles. The number of allylic oxidation sites excluding steroid dienone is 1. The number of hydrogen-bond donors (Lipinski definition) is 1. The van der Waals surface area contributed by atoms with Crippen molar-refractivity contribution in [2.24, 2.45) is 0 Å². The predicted octanol–water partition coefficient (Wildman–Crippen LogP) is 2.31. The summed E-state index contributed by atoms with van der Waals surface area (Å²) in [6, 6.07) is 5.67. The monoisotopic (exact) mass is 163 g/mol. The number of methoxy groups -OCH3 is 1. The van der Waals surface area contributed by atoms with E-state index in [2.05, 4.69) is 6.58 Å². The first-order valence-corrected chi connectivity index (χ1v) is 3.75. The molecule has 1 rings (SSSR count). The van der Waals surface area contributed by atoms with Gasteiger partial charge >= 0.3 is 0 Å². The van der Waals surface area contributed by atoms with Gasteiger partial charge in [-0.3, -0.25) is 0 Å². The van der Waals surface area contributed by atoms with Crippen LogP contribution in [-0.4, -0.2) is 7.11 Å². The summed E-state index contributed by atoms with van der Waals surface area (Å²) in [5.74, 6) is 0.704. The molecule has 0 unspecified atom stereocenters. The summed E-state index contributed by atoms with van der Waals surface area (Å²) in [7, 11) is 1.61. The second-order valence-corrected chi connectivity index (χ2v) is 2.70. The van der Waals surface area contributed by atoms with Gasteiger partial charge in [0.2, 0.25) is 0 Å². The number of nitrogen functional groups attached to an aromatic ring is 1. The summed E-state index contributed by atoms with van der Waals surface area (Å²) in [5, 5.41) is 0. The number of benzene rings is 1. The summed E-state index contributed by atoms with van der Waals surface area (Å²) in [6.07, 6.45) is 0. The first-order chi connectivity index (χ1) is 5.66. The minimum absolute atomic E-state index is 0.660. The average Bonchev–Trinajstić information content (AvgIpc) is 2.04. The van der Waals surface area contributed by atoms with Crippen molar-refractivity contribution < 1.29 is 4.74 Å². The molecule has 2 heteroatoms. The lowest BCUT2D eigenvalue weighted by Gasteiger charge is -2.08. The third kappa shape index (κ3) is 1.42. The first kappa shape index (κ1) is 8.65. The number of para-hydroxylation sites is 1. The van der Waals surface area contributed by atoms with Gasteiger partial charge in [0, 0.05) is 5.56 Å². The minimum Gasteiger partial charge on any atom is -0.495 e. The molecule has 2 N–H and O–H groups in total. The summed E-state index contributed by atoms with van der Waals surface area (Å²) in [5.41, 5.74) is 8.37. The van der Waals surface area contributed by atoms with Gasteiger partial charge in [-0.2, -0.15) is 0 Å². The lowest BCUT2D eigenvalue weighted by molar-refractivity contribution is 0.417. The largest absolute Gasteiger partial charge is 0.495 e. The maximum atomic E-state index is 5.81. The molecule has 0 fully saturated rings.